The highest BCUT2D eigenvalue weighted by molar-refractivity contribution is 7.11. The lowest BCUT2D eigenvalue weighted by molar-refractivity contribution is 0.0941. The molecule has 142 valence electrons. The summed E-state index contributed by atoms with van der Waals surface area (Å²) in [6, 6.07) is 11.4. The van der Waals surface area contributed by atoms with Crippen LogP contribution in [-0.4, -0.2) is 32.8 Å². The smallest absolute Gasteiger partial charge is 0.257 e. The molecule has 3 heterocycles. The van der Waals surface area contributed by atoms with Crippen LogP contribution in [0.3, 0.4) is 0 Å². The monoisotopic (exact) mass is 392 g/mol. The Bertz CT molecular complexity index is 1180. The average Bonchev–Trinajstić information content (AvgIpc) is 3.30. The highest BCUT2D eigenvalue weighted by atomic mass is 32.1. The Morgan fingerprint density at radius 3 is 2.71 bits per heavy atom. The van der Waals surface area contributed by atoms with E-state index in [0.717, 1.165) is 11.3 Å². The van der Waals surface area contributed by atoms with Crippen LogP contribution < -0.4 is 11.1 Å². The van der Waals surface area contributed by atoms with Crippen molar-refractivity contribution in [2.45, 2.75) is 26.3 Å². The Morgan fingerprint density at radius 1 is 1.29 bits per heavy atom. The second-order valence-corrected chi connectivity index (χ2v) is 7.48. The summed E-state index contributed by atoms with van der Waals surface area (Å²) < 4.78 is 1.49. The number of nitrogens with zero attached hydrogens (tertiary/aromatic N) is 4. The van der Waals surface area contributed by atoms with E-state index in [1.807, 2.05) is 55.6 Å². The highest BCUT2D eigenvalue weighted by Crippen LogP contribution is 2.28. The number of nitrogens with two attached hydrogens (primary N) is 1. The molecular formula is C20H20N6OS. The molecule has 0 aliphatic rings. The molecule has 0 saturated heterocycles. The summed E-state index contributed by atoms with van der Waals surface area (Å²) >= 11 is 1.56. The number of hydrogen-bond donors (Lipinski definition) is 2. The highest BCUT2D eigenvalue weighted by Gasteiger charge is 2.24. The maximum Gasteiger partial charge on any atom is 0.257 e. The van der Waals surface area contributed by atoms with Crippen LogP contribution in [0, 0.1) is 0 Å². The molecule has 8 heteroatoms. The lowest BCUT2D eigenvalue weighted by Gasteiger charge is -2.11. The largest absolute Gasteiger partial charge is 0.383 e. The van der Waals surface area contributed by atoms with E-state index in [1.54, 1.807) is 17.6 Å². The van der Waals surface area contributed by atoms with Gasteiger partial charge in [-0.05, 0) is 36.9 Å². The maximum atomic E-state index is 12.9. The van der Waals surface area contributed by atoms with Gasteiger partial charge < -0.3 is 11.1 Å². The average molecular weight is 392 g/mol. The molecule has 0 spiro atoms. The normalized spacial score (nSPS) is 12.8. The number of anilines is 1. The van der Waals surface area contributed by atoms with Crippen LogP contribution >= 0.6 is 11.3 Å². The predicted octanol–water partition coefficient (Wildman–Crippen LogP) is 3.64. The Hall–Kier alpha value is -3.26. The van der Waals surface area contributed by atoms with Gasteiger partial charge in [0.15, 0.2) is 5.65 Å². The molecular weight excluding hydrogens is 372 g/mol. The van der Waals surface area contributed by atoms with Gasteiger partial charge >= 0.3 is 0 Å². The van der Waals surface area contributed by atoms with E-state index < -0.39 is 0 Å². The van der Waals surface area contributed by atoms with Crippen molar-refractivity contribution in [3.05, 3.63) is 52.2 Å². The Labute approximate surface area is 165 Å². The number of hydrogen-bond acceptors (Lipinski definition) is 6. The van der Waals surface area contributed by atoms with E-state index in [1.165, 1.54) is 4.68 Å². The number of rotatable bonds is 5. The van der Waals surface area contributed by atoms with Gasteiger partial charge in [-0.15, -0.1) is 11.3 Å². The van der Waals surface area contributed by atoms with E-state index >= 15 is 0 Å². The molecule has 7 nitrogen and oxygen atoms in total. The molecule has 1 amide bonds. The van der Waals surface area contributed by atoms with Crippen molar-refractivity contribution in [1.29, 1.82) is 0 Å². The number of benzene rings is 1. The van der Waals surface area contributed by atoms with Crippen molar-refractivity contribution in [3.8, 4) is 0 Å². The lowest BCUT2D eigenvalue weighted by atomic mass is 10.2. The van der Waals surface area contributed by atoms with Gasteiger partial charge in [-0.25, -0.2) is 9.97 Å². The standard InChI is InChI=1S/C20H20N6OS/c1-3-12(2)23-20(27)16-17-19(25-15-9-5-4-8-14(15)24-17)26(18(16)21)22-11-13-7-6-10-28-13/h4-12H,3,21H2,1-2H3,(H,23,27)/b22-11+. The molecule has 4 aromatic rings. The number of amides is 1. The quantitative estimate of drug-likeness (QED) is 0.507. The molecule has 1 unspecified atom stereocenters. The third kappa shape index (κ3) is 3.22. The van der Waals surface area contributed by atoms with Crippen molar-refractivity contribution in [3.63, 3.8) is 0 Å². The molecule has 1 aromatic carbocycles. The Balaban J connectivity index is 1.93. The number of carbonyl (C=O) groups excluding carboxylic acids is 1. The first-order valence-electron chi connectivity index (χ1n) is 9.04. The SMILES string of the molecule is CCC(C)NC(=O)c1c(N)n(/N=C/c2cccs2)c2nc3ccccc3nc12. The summed E-state index contributed by atoms with van der Waals surface area (Å²) in [7, 11) is 0. The second kappa shape index (κ2) is 7.40. The molecule has 0 radical (unpaired) electrons. The molecule has 4 rings (SSSR count). The number of nitrogen functional groups attached to an aromatic ring is 1. The van der Waals surface area contributed by atoms with Gasteiger partial charge in [0.2, 0.25) is 0 Å². The minimum absolute atomic E-state index is 0.0216. The first kappa shape index (κ1) is 18.1. The van der Waals surface area contributed by atoms with Crippen molar-refractivity contribution in [2.75, 3.05) is 5.73 Å². The number of aromatic nitrogens is 3. The summed E-state index contributed by atoms with van der Waals surface area (Å²) in [5, 5.41) is 9.41. The molecule has 0 aliphatic heterocycles. The van der Waals surface area contributed by atoms with Crippen molar-refractivity contribution < 1.29 is 4.79 Å². The van der Waals surface area contributed by atoms with E-state index in [2.05, 4.69) is 20.4 Å². The molecule has 1 atom stereocenters. The van der Waals surface area contributed by atoms with Crippen LogP contribution in [0.2, 0.25) is 0 Å². The van der Waals surface area contributed by atoms with E-state index in [0.29, 0.717) is 27.8 Å². The number of carbonyl (C=O) groups is 1. The first-order chi connectivity index (χ1) is 13.6. The molecule has 0 aliphatic carbocycles. The zero-order valence-electron chi connectivity index (χ0n) is 15.6. The predicted molar refractivity (Wildman–Crippen MR) is 114 cm³/mol. The maximum absolute atomic E-state index is 12.9. The molecule has 0 saturated carbocycles. The minimum Gasteiger partial charge on any atom is -0.383 e. The molecule has 0 bridgehead atoms. The number of fused-ring (bicyclic) bond motifs is 2. The number of para-hydroxylation sites is 2. The van der Waals surface area contributed by atoms with Crippen molar-refractivity contribution in [2.24, 2.45) is 5.10 Å². The van der Waals surface area contributed by atoms with Gasteiger partial charge in [0.25, 0.3) is 5.91 Å². The molecule has 0 fully saturated rings. The van der Waals surface area contributed by atoms with E-state index in [-0.39, 0.29) is 17.8 Å². The second-order valence-electron chi connectivity index (χ2n) is 6.50. The fraction of sp³-hybridized carbons (Fsp3) is 0.200. The fourth-order valence-corrected chi connectivity index (χ4v) is 3.44. The van der Waals surface area contributed by atoms with Crippen LogP contribution in [-0.2, 0) is 0 Å². The third-order valence-corrected chi connectivity index (χ3v) is 5.34. The zero-order valence-corrected chi connectivity index (χ0v) is 16.4. The summed E-state index contributed by atoms with van der Waals surface area (Å²) in [5.41, 5.74) is 8.97. The summed E-state index contributed by atoms with van der Waals surface area (Å²) in [5.74, 6) is -0.0505. The van der Waals surface area contributed by atoms with Crippen molar-refractivity contribution in [1.82, 2.24) is 20.0 Å². The van der Waals surface area contributed by atoms with Crippen LogP contribution in [0.5, 0.6) is 0 Å². The van der Waals surface area contributed by atoms with Gasteiger partial charge in [-0.2, -0.15) is 9.78 Å². The summed E-state index contributed by atoms with van der Waals surface area (Å²) in [6.07, 6.45) is 2.52. The zero-order chi connectivity index (χ0) is 19.7. The first-order valence-corrected chi connectivity index (χ1v) is 9.91. The van der Waals surface area contributed by atoms with Gasteiger partial charge in [0.1, 0.15) is 16.9 Å². The number of nitrogens with one attached hydrogen (secondary N) is 1. The molecule has 28 heavy (non-hydrogen) atoms. The molecule has 3 N–H and O–H groups in total. The summed E-state index contributed by atoms with van der Waals surface area (Å²) in [6.45, 7) is 3.96. The topological polar surface area (TPSA) is 98.2 Å². The minimum atomic E-state index is -0.272. The van der Waals surface area contributed by atoms with Crippen molar-refractivity contribution >= 4 is 51.5 Å². The number of thiophene rings is 1. The van der Waals surface area contributed by atoms with Gasteiger partial charge in [-0.3, -0.25) is 4.79 Å². The fourth-order valence-electron chi connectivity index (χ4n) is 2.87. The van der Waals surface area contributed by atoms with Crippen LogP contribution in [0.25, 0.3) is 22.2 Å². The Kier molecular flexibility index (Phi) is 4.79. The lowest BCUT2D eigenvalue weighted by Crippen LogP contribution is -2.32. The van der Waals surface area contributed by atoms with Crippen LogP contribution in [0.15, 0.2) is 46.9 Å². The van der Waals surface area contributed by atoms with E-state index in [9.17, 15) is 4.79 Å². The summed E-state index contributed by atoms with van der Waals surface area (Å²) in [4.78, 5) is 23.2. The third-order valence-electron chi connectivity index (χ3n) is 4.53. The van der Waals surface area contributed by atoms with Crippen LogP contribution in [0.4, 0.5) is 5.82 Å². The molecule has 3 aromatic heterocycles. The van der Waals surface area contributed by atoms with Gasteiger partial charge in [0.05, 0.1) is 17.2 Å². The Morgan fingerprint density at radius 2 is 2.04 bits per heavy atom. The van der Waals surface area contributed by atoms with Gasteiger partial charge in [-0.1, -0.05) is 25.1 Å². The van der Waals surface area contributed by atoms with Crippen LogP contribution in [0.1, 0.15) is 35.5 Å². The van der Waals surface area contributed by atoms with E-state index in [4.69, 9.17) is 5.73 Å². The van der Waals surface area contributed by atoms with Gasteiger partial charge in [0, 0.05) is 10.9 Å².